The molecule has 2 aliphatic heterocycles. The molecular weight excluding hydrogens is 589 g/mol. The van der Waals surface area contributed by atoms with Crippen LogP contribution in [-0.4, -0.2) is 32.5 Å². The first kappa shape index (κ1) is 27.9. The summed E-state index contributed by atoms with van der Waals surface area (Å²) in [6.45, 7) is 1.40. The number of amides is 3. The zero-order valence-electron chi connectivity index (χ0n) is 21.8. The van der Waals surface area contributed by atoms with Crippen LogP contribution in [0.3, 0.4) is 0 Å². The number of hydrogen-bond acceptors (Lipinski definition) is 7. The maximum absolute atomic E-state index is 13.8. The highest BCUT2D eigenvalue weighted by atomic mass is 32.2. The van der Waals surface area contributed by atoms with E-state index >= 15 is 0 Å². The molecule has 214 valence electrons. The topological polar surface area (TPSA) is 101 Å². The van der Waals surface area contributed by atoms with Crippen LogP contribution in [-0.2, 0) is 27.1 Å². The summed E-state index contributed by atoms with van der Waals surface area (Å²) in [5.41, 5.74) is 1.05. The molecule has 0 radical (unpaired) electrons. The third-order valence-corrected chi connectivity index (χ3v) is 9.76. The largest absolute Gasteiger partial charge is 0.416 e. The number of hydrogen-bond donors (Lipinski definition) is 1. The SMILES string of the molecule is Cc1ccc(N2C(=O)[C@@H]3[C@H](c4cccnc4)c4sc(=O)n(CC(=O)Nc5cccc(C(F)(F)F)c5)c4S[C@@H]3C2=O)cc1. The van der Waals surface area contributed by atoms with Gasteiger partial charge in [-0.25, -0.2) is 4.90 Å². The van der Waals surface area contributed by atoms with Gasteiger partial charge in [0.05, 0.1) is 22.2 Å². The van der Waals surface area contributed by atoms with Crippen LogP contribution in [0.1, 0.15) is 27.5 Å². The molecule has 13 heteroatoms. The van der Waals surface area contributed by atoms with E-state index in [1.807, 2.05) is 6.92 Å². The molecule has 3 amide bonds. The fourth-order valence-corrected chi connectivity index (χ4v) is 8.01. The van der Waals surface area contributed by atoms with Gasteiger partial charge in [-0.1, -0.05) is 52.9 Å². The standard InChI is InChI=1S/C29H21F3N4O4S2/c1-15-7-9-19(10-8-15)36-25(38)22-21(16-4-3-11-33-13-16)24-27(41-23(22)26(36)39)35(28(40)42-24)14-20(37)34-18-6-2-5-17(12-18)29(30,31)32/h2-13,21-23H,14H2,1H3,(H,34,37)/t21-,22+,23-/m0/s1. The second-order valence-electron chi connectivity index (χ2n) is 9.93. The van der Waals surface area contributed by atoms with Crippen molar-refractivity contribution in [3.05, 3.63) is 104 Å². The Balaban J connectivity index is 1.36. The first-order valence-corrected chi connectivity index (χ1v) is 14.4. The number of carbonyl (C=O) groups excluding carboxylic acids is 3. The Morgan fingerprint density at radius 3 is 2.48 bits per heavy atom. The van der Waals surface area contributed by atoms with Crippen LogP contribution < -0.4 is 15.1 Å². The number of anilines is 2. The number of imide groups is 1. The van der Waals surface area contributed by atoms with Crippen LogP contribution in [0.4, 0.5) is 24.5 Å². The fourth-order valence-electron chi connectivity index (χ4n) is 5.24. The lowest BCUT2D eigenvalue weighted by atomic mass is 9.84. The smallest absolute Gasteiger partial charge is 0.325 e. The van der Waals surface area contributed by atoms with E-state index in [2.05, 4.69) is 10.3 Å². The number of thioether (sulfide) groups is 1. The van der Waals surface area contributed by atoms with Crippen molar-refractivity contribution in [1.29, 1.82) is 0 Å². The molecule has 1 saturated heterocycles. The number of rotatable bonds is 5. The summed E-state index contributed by atoms with van der Waals surface area (Å²) < 4.78 is 40.6. The molecule has 1 N–H and O–H groups in total. The third-order valence-electron chi connectivity index (χ3n) is 7.16. The Morgan fingerprint density at radius 2 is 1.79 bits per heavy atom. The van der Waals surface area contributed by atoms with Gasteiger partial charge in [-0.05, 0) is 48.9 Å². The van der Waals surface area contributed by atoms with Crippen molar-refractivity contribution >= 4 is 52.2 Å². The second-order valence-corrected chi connectivity index (χ2v) is 12.0. The Morgan fingerprint density at radius 1 is 1.02 bits per heavy atom. The first-order valence-electron chi connectivity index (χ1n) is 12.7. The van der Waals surface area contributed by atoms with Gasteiger partial charge in [0.1, 0.15) is 11.8 Å². The van der Waals surface area contributed by atoms with Crippen LogP contribution in [0.25, 0.3) is 0 Å². The van der Waals surface area contributed by atoms with Gasteiger partial charge in [-0.15, -0.1) is 0 Å². The van der Waals surface area contributed by atoms with Crippen molar-refractivity contribution in [2.45, 2.75) is 35.8 Å². The molecule has 2 aromatic carbocycles. The third kappa shape index (κ3) is 4.92. The predicted molar refractivity (Wildman–Crippen MR) is 152 cm³/mol. The molecule has 2 aliphatic rings. The van der Waals surface area contributed by atoms with Crippen molar-refractivity contribution < 1.29 is 27.6 Å². The van der Waals surface area contributed by atoms with E-state index in [4.69, 9.17) is 0 Å². The highest BCUT2D eigenvalue weighted by Gasteiger charge is 2.56. The van der Waals surface area contributed by atoms with Gasteiger partial charge in [0.15, 0.2) is 0 Å². The zero-order chi connectivity index (χ0) is 29.8. The summed E-state index contributed by atoms with van der Waals surface area (Å²) in [7, 11) is 0. The molecule has 4 heterocycles. The lowest BCUT2D eigenvalue weighted by Gasteiger charge is -2.30. The van der Waals surface area contributed by atoms with Crippen LogP contribution in [0, 0.1) is 12.8 Å². The lowest BCUT2D eigenvalue weighted by molar-refractivity contribution is -0.137. The highest BCUT2D eigenvalue weighted by molar-refractivity contribution is 8.00. The van der Waals surface area contributed by atoms with E-state index in [0.29, 0.717) is 21.2 Å². The molecule has 1 fully saturated rings. The molecule has 0 spiro atoms. The summed E-state index contributed by atoms with van der Waals surface area (Å²) in [6, 6.07) is 14.7. The van der Waals surface area contributed by atoms with E-state index in [0.717, 1.165) is 40.8 Å². The number of halogens is 3. The molecule has 8 nitrogen and oxygen atoms in total. The van der Waals surface area contributed by atoms with Gasteiger partial charge < -0.3 is 5.32 Å². The number of nitrogens with one attached hydrogen (secondary N) is 1. The summed E-state index contributed by atoms with van der Waals surface area (Å²) in [5, 5.41) is 1.92. The van der Waals surface area contributed by atoms with Gasteiger partial charge >= 0.3 is 11.0 Å². The van der Waals surface area contributed by atoms with Crippen molar-refractivity contribution in [2.24, 2.45) is 5.92 Å². The first-order chi connectivity index (χ1) is 20.0. The number of pyridine rings is 1. The Labute approximate surface area is 245 Å². The Bertz CT molecular complexity index is 1770. The average molecular weight is 611 g/mol. The van der Waals surface area contributed by atoms with E-state index < -0.39 is 58.0 Å². The quantitative estimate of drug-likeness (QED) is 0.317. The molecule has 0 saturated carbocycles. The van der Waals surface area contributed by atoms with Gasteiger partial charge in [-0.2, -0.15) is 13.2 Å². The number of benzene rings is 2. The van der Waals surface area contributed by atoms with Gasteiger partial charge in [0, 0.05) is 28.9 Å². The van der Waals surface area contributed by atoms with Crippen LogP contribution in [0.2, 0.25) is 0 Å². The minimum Gasteiger partial charge on any atom is -0.325 e. The zero-order valence-corrected chi connectivity index (χ0v) is 23.4. The Hall–Kier alpha value is -4.23. The van der Waals surface area contributed by atoms with E-state index in [1.165, 1.54) is 21.6 Å². The molecule has 4 aromatic rings. The number of carbonyl (C=O) groups is 3. The average Bonchev–Trinajstić information content (AvgIpc) is 3.40. The number of aromatic nitrogens is 2. The molecule has 42 heavy (non-hydrogen) atoms. The normalized spacial score (nSPS) is 19.9. The van der Waals surface area contributed by atoms with Gasteiger partial charge in [0.25, 0.3) is 0 Å². The molecule has 0 aliphatic carbocycles. The van der Waals surface area contributed by atoms with E-state index in [1.54, 1.807) is 48.8 Å². The lowest BCUT2D eigenvalue weighted by Crippen LogP contribution is -2.33. The minimum absolute atomic E-state index is 0.0711. The molecule has 0 bridgehead atoms. The predicted octanol–water partition coefficient (Wildman–Crippen LogP) is 5.07. The summed E-state index contributed by atoms with van der Waals surface area (Å²) >= 11 is 1.93. The summed E-state index contributed by atoms with van der Waals surface area (Å²) in [4.78, 5) is 59.1. The number of aryl methyl sites for hydroxylation is 1. The van der Waals surface area contributed by atoms with Gasteiger partial charge in [0.2, 0.25) is 17.7 Å². The minimum atomic E-state index is -4.59. The highest BCUT2D eigenvalue weighted by Crippen LogP contribution is 2.53. The monoisotopic (exact) mass is 610 g/mol. The molecule has 2 aromatic heterocycles. The number of thiazole rings is 1. The van der Waals surface area contributed by atoms with Crippen LogP contribution in [0.15, 0.2) is 82.9 Å². The van der Waals surface area contributed by atoms with Crippen molar-refractivity contribution in [1.82, 2.24) is 9.55 Å². The number of fused-ring (bicyclic) bond motifs is 2. The van der Waals surface area contributed by atoms with Crippen LogP contribution in [0.5, 0.6) is 0 Å². The molecular formula is C29H21F3N4O4S2. The maximum Gasteiger partial charge on any atom is 0.416 e. The Kier molecular flexibility index (Phi) is 7.01. The number of alkyl halides is 3. The number of nitrogens with zero attached hydrogens (tertiary/aromatic N) is 3. The maximum atomic E-state index is 13.8. The van der Waals surface area contributed by atoms with Crippen LogP contribution >= 0.6 is 23.1 Å². The summed E-state index contributed by atoms with van der Waals surface area (Å²) in [6.07, 6.45) is -1.43. The molecule has 0 unspecified atom stereocenters. The van der Waals surface area contributed by atoms with E-state index in [-0.39, 0.29) is 5.69 Å². The molecule has 6 rings (SSSR count). The summed E-state index contributed by atoms with van der Waals surface area (Å²) in [5.74, 6) is -3.02. The fraction of sp³-hybridized carbons (Fsp3) is 0.207. The van der Waals surface area contributed by atoms with Gasteiger partial charge in [-0.3, -0.25) is 28.7 Å². The second kappa shape index (κ2) is 10.6. The van der Waals surface area contributed by atoms with Crippen molar-refractivity contribution in [2.75, 3.05) is 10.2 Å². The van der Waals surface area contributed by atoms with E-state index in [9.17, 15) is 32.3 Å². The van der Waals surface area contributed by atoms with Crippen molar-refractivity contribution in [3.8, 4) is 0 Å². The molecule has 3 atom stereocenters. The van der Waals surface area contributed by atoms with Crippen molar-refractivity contribution in [3.63, 3.8) is 0 Å².